The minimum Gasteiger partial charge on any atom is -0.497 e. The summed E-state index contributed by atoms with van der Waals surface area (Å²) in [6.07, 6.45) is 0.787. The second kappa shape index (κ2) is 6.39. The van der Waals surface area contributed by atoms with Crippen LogP contribution in [0.3, 0.4) is 0 Å². The van der Waals surface area contributed by atoms with Gasteiger partial charge in [0.2, 0.25) is 0 Å². The lowest BCUT2D eigenvalue weighted by Gasteiger charge is -2.10. The van der Waals surface area contributed by atoms with Gasteiger partial charge in [-0.05, 0) is 36.2 Å². The van der Waals surface area contributed by atoms with E-state index in [9.17, 15) is 4.79 Å². The first-order valence-electron chi connectivity index (χ1n) is 6.13. The van der Waals surface area contributed by atoms with Crippen LogP contribution in [0.2, 0.25) is 5.15 Å². The smallest absolute Gasteiger partial charge is 0.154 e. The van der Waals surface area contributed by atoms with Crippen LogP contribution in [0.25, 0.3) is 0 Å². The van der Waals surface area contributed by atoms with Gasteiger partial charge in [0.05, 0.1) is 12.7 Å². The highest BCUT2D eigenvalue weighted by Gasteiger charge is 2.08. The van der Waals surface area contributed by atoms with E-state index in [1.54, 1.807) is 13.2 Å². The number of nitrogens with one attached hydrogen (secondary N) is 1. The maximum absolute atomic E-state index is 11.1. The fourth-order valence-electron chi connectivity index (χ4n) is 1.86. The summed E-state index contributed by atoms with van der Waals surface area (Å²) in [5.41, 5.74) is 2.39. The van der Waals surface area contributed by atoms with Crippen LogP contribution in [0.15, 0.2) is 30.3 Å². The summed E-state index contributed by atoms with van der Waals surface area (Å²) in [7, 11) is 1.63. The van der Waals surface area contributed by atoms with E-state index in [0.29, 0.717) is 23.1 Å². The van der Waals surface area contributed by atoms with E-state index in [2.05, 4.69) is 10.3 Å². The molecule has 0 aliphatic rings. The lowest BCUT2D eigenvalue weighted by atomic mass is 10.1. The highest BCUT2D eigenvalue weighted by Crippen LogP contribution is 2.20. The van der Waals surface area contributed by atoms with Crippen LogP contribution in [0.5, 0.6) is 5.75 Å². The second-order valence-corrected chi connectivity index (χ2v) is 4.73. The predicted octanol–water partition coefficient (Wildman–Crippen LogP) is 3.48. The molecule has 1 N–H and O–H groups in total. The third-order valence-corrected chi connectivity index (χ3v) is 3.16. The Morgan fingerprint density at radius 2 is 2.05 bits per heavy atom. The minimum absolute atomic E-state index is 0.366. The number of methoxy groups -OCH3 is 1. The first kappa shape index (κ1) is 14.3. The summed E-state index contributed by atoms with van der Waals surface area (Å²) in [5, 5.41) is 3.50. The Morgan fingerprint density at radius 1 is 1.35 bits per heavy atom. The lowest BCUT2D eigenvalue weighted by molar-refractivity contribution is 0.112. The molecule has 0 aliphatic heterocycles. The highest BCUT2D eigenvalue weighted by atomic mass is 35.5. The van der Waals surface area contributed by atoms with Gasteiger partial charge >= 0.3 is 0 Å². The monoisotopic (exact) mass is 290 g/mol. The van der Waals surface area contributed by atoms with E-state index < -0.39 is 0 Å². The highest BCUT2D eigenvalue weighted by molar-refractivity contribution is 6.29. The fraction of sp³-hybridized carbons (Fsp3) is 0.200. The van der Waals surface area contributed by atoms with Crippen molar-refractivity contribution in [1.82, 2.24) is 4.98 Å². The Balaban J connectivity index is 2.15. The third-order valence-electron chi connectivity index (χ3n) is 2.97. The molecule has 0 radical (unpaired) electrons. The third kappa shape index (κ3) is 3.27. The Kier molecular flexibility index (Phi) is 4.58. The molecule has 0 fully saturated rings. The number of pyridine rings is 1. The van der Waals surface area contributed by atoms with Gasteiger partial charge in [0.25, 0.3) is 0 Å². The Morgan fingerprint density at radius 3 is 2.65 bits per heavy atom. The molecule has 0 aliphatic carbocycles. The topological polar surface area (TPSA) is 51.2 Å². The van der Waals surface area contributed by atoms with E-state index in [4.69, 9.17) is 16.3 Å². The number of benzene rings is 1. The molecule has 1 aromatic carbocycles. The Labute approximate surface area is 122 Å². The van der Waals surface area contributed by atoms with Crippen molar-refractivity contribution < 1.29 is 9.53 Å². The summed E-state index contributed by atoms with van der Waals surface area (Å²) in [4.78, 5) is 15.3. The summed E-state index contributed by atoms with van der Waals surface area (Å²) in [5.74, 6) is 1.31. The number of rotatable bonds is 5. The number of hydrogen-bond donors (Lipinski definition) is 1. The maximum Gasteiger partial charge on any atom is 0.154 e. The molecule has 0 amide bonds. The number of hydrogen-bond acceptors (Lipinski definition) is 4. The largest absolute Gasteiger partial charge is 0.497 e. The Hall–Kier alpha value is -2.07. The molecule has 2 rings (SSSR count). The van der Waals surface area contributed by atoms with E-state index in [-0.39, 0.29) is 0 Å². The number of aryl methyl sites for hydroxylation is 1. The number of nitrogens with zero attached hydrogens (tertiary/aromatic N) is 1. The van der Waals surface area contributed by atoms with Crippen LogP contribution in [-0.4, -0.2) is 18.4 Å². The maximum atomic E-state index is 11.1. The molecular formula is C15H15ClN2O2. The van der Waals surface area contributed by atoms with Gasteiger partial charge in [0.1, 0.15) is 16.7 Å². The molecule has 5 heteroatoms. The van der Waals surface area contributed by atoms with Crippen molar-refractivity contribution in [1.29, 1.82) is 0 Å². The molecule has 4 nitrogen and oxygen atoms in total. The van der Waals surface area contributed by atoms with E-state index in [1.807, 2.05) is 31.2 Å². The summed E-state index contributed by atoms with van der Waals surface area (Å²) < 4.78 is 5.10. The SMILES string of the molecule is COc1ccc(CNc2nc(Cl)cc(C)c2C=O)cc1. The molecule has 0 bridgehead atoms. The molecule has 0 spiro atoms. The van der Waals surface area contributed by atoms with Crippen LogP contribution in [0, 0.1) is 6.92 Å². The molecule has 0 atom stereocenters. The molecule has 0 unspecified atom stereocenters. The predicted molar refractivity (Wildman–Crippen MR) is 79.7 cm³/mol. The van der Waals surface area contributed by atoms with Gasteiger partial charge < -0.3 is 10.1 Å². The molecule has 20 heavy (non-hydrogen) atoms. The van der Waals surface area contributed by atoms with Crippen LogP contribution in [0.1, 0.15) is 21.5 Å². The van der Waals surface area contributed by atoms with Gasteiger partial charge in [-0.2, -0.15) is 0 Å². The molecule has 104 valence electrons. The number of anilines is 1. The van der Waals surface area contributed by atoms with Crippen molar-refractivity contribution in [2.45, 2.75) is 13.5 Å². The van der Waals surface area contributed by atoms with Gasteiger partial charge in [-0.25, -0.2) is 4.98 Å². The zero-order chi connectivity index (χ0) is 14.5. The number of halogens is 1. The molecular weight excluding hydrogens is 276 g/mol. The van der Waals surface area contributed by atoms with E-state index >= 15 is 0 Å². The average molecular weight is 291 g/mol. The van der Waals surface area contributed by atoms with Gasteiger partial charge in [-0.15, -0.1) is 0 Å². The number of carbonyl (C=O) groups is 1. The molecule has 1 aromatic heterocycles. The summed E-state index contributed by atoms with van der Waals surface area (Å²) in [6, 6.07) is 9.33. The summed E-state index contributed by atoms with van der Waals surface area (Å²) >= 11 is 5.92. The first-order valence-corrected chi connectivity index (χ1v) is 6.51. The zero-order valence-electron chi connectivity index (χ0n) is 11.3. The molecule has 0 saturated carbocycles. The quantitative estimate of drug-likeness (QED) is 0.676. The number of carbonyl (C=O) groups excluding carboxylic acids is 1. The van der Waals surface area contributed by atoms with E-state index in [0.717, 1.165) is 23.2 Å². The number of ether oxygens (including phenoxy) is 1. The minimum atomic E-state index is 0.366. The van der Waals surface area contributed by atoms with Gasteiger partial charge in [-0.3, -0.25) is 4.79 Å². The lowest BCUT2D eigenvalue weighted by Crippen LogP contribution is -2.06. The van der Waals surface area contributed by atoms with Crippen molar-refractivity contribution in [3.8, 4) is 5.75 Å². The zero-order valence-corrected chi connectivity index (χ0v) is 12.1. The van der Waals surface area contributed by atoms with Crippen molar-refractivity contribution in [3.63, 3.8) is 0 Å². The molecule has 2 aromatic rings. The van der Waals surface area contributed by atoms with Crippen LogP contribution in [-0.2, 0) is 6.54 Å². The van der Waals surface area contributed by atoms with Gasteiger partial charge in [-0.1, -0.05) is 23.7 Å². The standard InChI is InChI=1S/C15H15ClN2O2/c1-10-7-14(16)18-15(13(10)9-19)17-8-11-3-5-12(20-2)6-4-11/h3-7,9H,8H2,1-2H3,(H,17,18). The van der Waals surface area contributed by atoms with Crippen LogP contribution < -0.4 is 10.1 Å². The van der Waals surface area contributed by atoms with Gasteiger partial charge in [0, 0.05) is 6.54 Å². The number of aldehydes is 1. The normalized spacial score (nSPS) is 10.2. The first-order chi connectivity index (χ1) is 9.63. The van der Waals surface area contributed by atoms with Crippen LogP contribution >= 0.6 is 11.6 Å². The molecule has 0 saturated heterocycles. The summed E-state index contributed by atoms with van der Waals surface area (Å²) in [6.45, 7) is 2.38. The average Bonchev–Trinajstić information content (AvgIpc) is 2.45. The number of aromatic nitrogens is 1. The molecule has 1 heterocycles. The van der Waals surface area contributed by atoms with Crippen molar-refractivity contribution in [3.05, 3.63) is 52.2 Å². The van der Waals surface area contributed by atoms with Crippen LogP contribution in [0.4, 0.5) is 5.82 Å². The van der Waals surface area contributed by atoms with Crippen molar-refractivity contribution in [2.24, 2.45) is 0 Å². The van der Waals surface area contributed by atoms with Crippen molar-refractivity contribution >= 4 is 23.7 Å². The second-order valence-electron chi connectivity index (χ2n) is 4.34. The Bertz CT molecular complexity index is 612. The van der Waals surface area contributed by atoms with E-state index in [1.165, 1.54) is 0 Å². The van der Waals surface area contributed by atoms with Gasteiger partial charge in [0.15, 0.2) is 6.29 Å². The fourth-order valence-corrected chi connectivity index (χ4v) is 2.10. The van der Waals surface area contributed by atoms with Crippen molar-refractivity contribution in [2.75, 3.05) is 12.4 Å².